The summed E-state index contributed by atoms with van der Waals surface area (Å²) in [5, 5.41) is 0. The number of esters is 1. The molecule has 4 nitrogen and oxygen atoms in total. The zero-order valence-corrected chi connectivity index (χ0v) is 11.2. The highest BCUT2D eigenvalue weighted by molar-refractivity contribution is 6.36. The van der Waals surface area contributed by atoms with Gasteiger partial charge in [-0.25, -0.2) is 4.79 Å². The number of hydrogen-bond acceptors (Lipinski definition) is 4. The second-order valence-corrected chi connectivity index (χ2v) is 5.26. The molecule has 0 saturated carbocycles. The Morgan fingerprint density at radius 3 is 2.47 bits per heavy atom. The van der Waals surface area contributed by atoms with Crippen LogP contribution >= 0.6 is 0 Å². The summed E-state index contributed by atoms with van der Waals surface area (Å²) < 4.78 is 15.1. The van der Waals surface area contributed by atoms with Crippen molar-refractivity contribution in [2.75, 3.05) is 20.8 Å². The first kappa shape index (κ1) is 14.3. The quantitative estimate of drug-likeness (QED) is 0.203. The van der Waals surface area contributed by atoms with Crippen LogP contribution in [-0.2, 0) is 19.0 Å². The summed E-state index contributed by atoms with van der Waals surface area (Å²) in [6, 6.07) is 1.04. The van der Waals surface area contributed by atoms with Crippen molar-refractivity contribution in [2.45, 2.75) is 25.3 Å². The Labute approximate surface area is 93.4 Å². The largest absolute Gasteiger partial charge is 0.462 e. The van der Waals surface area contributed by atoms with Gasteiger partial charge in [-0.05, 0) is 13.3 Å². The first-order valence-corrected chi connectivity index (χ1v) is 6.81. The minimum atomic E-state index is -0.397. The zero-order chi connectivity index (χ0) is 11.7. The number of rotatable bonds is 8. The summed E-state index contributed by atoms with van der Waals surface area (Å²) >= 11 is 0. The molecule has 0 rings (SSSR count). The molecule has 5 heteroatoms. The normalized spacial score (nSPS) is 11.2. The van der Waals surface area contributed by atoms with E-state index in [-0.39, 0.29) is 11.9 Å². The molecule has 0 spiro atoms. The van der Waals surface area contributed by atoms with Gasteiger partial charge in [0.25, 0.3) is 0 Å². The summed E-state index contributed by atoms with van der Waals surface area (Å²) in [6.45, 7) is 5.60. The summed E-state index contributed by atoms with van der Waals surface area (Å²) in [4.78, 5) is 11.0. The summed E-state index contributed by atoms with van der Waals surface area (Å²) in [5.41, 5.74) is 0.443. The third kappa shape index (κ3) is 7.30. The smallest absolute Gasteiger partial charge is 0.333 e. The lowest BCUT2D eigenvalue weighted by Crippen LogP contribution is -2.21. The molecule has 0 aliphatic carbocycles. The fourth-order valence-electron chi connectivity index (χ4n) is 1.03. The Morgan fingerprint density at radius 1 is 1.40 bits per heavy atom. The van der Waals surface area contributed by atoms with Crippen LogP contribution in [0.1, 0.15) is 13.3 Å². The summed E-state index contributed by atoms with van der Waals surface area (Å²) in [7, 11) is 2.89. The summed E-state index contributed by atoms with van der Waals surface area (Å²) in [6.07, 6.45) is 0.870. The van der Waals surface area contributed by atoms with E-state index in [1.807, 2.05) is 0 Å². The fraction of sp³-hybridized carbons (Fsp3) is 0.700. The van der Waals surface area contributed by atoms with Crippen molar-refractivity contribution in [3.8, 4) is 0 Å². The molecule has 0 aromatic rings. The van der Waals surface area contributed by atoms with Crippen LogP contribution in [0.3, 0.4) is 0 Å². The lowest BCUT2D eigenvalue weighted by atomic mass is 10.4. The van der Waals surface area contributed by atoms with Crippen LogP contribution in [0.25, 0.3) is 0 Å². The molecule has 0 bridgehead atoms. The molecule has 0 unspecified atom stereocenters. The molecule has 0 aromatic carbocycles. The van der Waals surface area contributed by atoms with Gasteiger partial charge in [0.1, 0.15) is 5.91 Å². The first-order valence-electron chi connectivity index (χ1n) is 5.00. The van der Waals surface area contributed by atoms with Crippen LogP contribution in [0.4, 0.5) is 0 Å². The summed E-state index contributed by atoms with van der Waals surface area (Å²) in [5.74, 6) is -0.339. The fourth-order valence-corrected chi connectivity index (χ4v) is 2.33. The van der Waals surface area contributed by atoms with Crippen LogP contribution in [0.5, 0.6) is 0 Å². The van der Waals surface area contributed by atoms with Crippen LogP contribution in [0.2, 0.25) is 6.04 Å². The molecule has 0 radical (unpaired) electrons. The molecule has 88 valence electrons. The molecule has 0 heterocycles. The van der Waals surface area contributed by atoms with E-state index in [0.717, 1.165) is 12.5 Å². The molecule has 0 aromatic heterocycles. The van der Waals surface area contributed by atoms with Crippen molar-refractivity contribution in [3.05, 3.63) is 12.2 Å². The molecule has 15 heavy (non-hydrogen) atoms. The van der Waals surface area contributed by atoms with E-state index in [0.29, 0.717) is 12.2 Å². The van der Waals surface area contributed by atoms with Gasteiger partial charge in [-0.15, -0.1) is 0 Å². The molecular weight excluding hydrogens is 212 g/mol. The molecule has 0 atom stereocenters. The maximum Gasteiger partial charge on any atom is 0.333 e. The molecular formula is C10H20O4Si. The number of carbonyl (C=O) groups excluding carboxylic acids is 1. The highest BCUT2D eigenvalue weighted by Crippen LogP contribution is 1.99. The third-order valence-corrected chi connectivity index (χ3v) is 3.99. The Bertz CT molecular complexity index is 202. The average molecular weight is 232 g/mol. The number of ether oxygens (including phenoxy) is 3. The van der Waals surface area contributed by atoms with E-state index >= 15 is 0 Å². The molecule has 0 fully saturated rings. The zero-order valence-electron chi connectivity index (χ0n) is 9.75. The maximum absolute atomic E-state index is 11.0. The number of methoxy groups -OCH3 is 2. The number of hydrogen-bond donors (Lipinski definition) is 0. The van der Waals surface area contributed by atoms with Crippen molar-refractivity contribution in [1.29, 1.82) is 0 Å². The van der Waals surface area contributed by atoms with Crippen molar-refractivity contribution in [3.63, 3.8) is 0 Å². The molecule has 0 aliphatic heterocycles. The molecule has 0 saturated heterocycles. The lowest BCUT2D eigenvalue weighted by molar-refractivity contribution is -0.138. The van der Waals surface area contributed by atoms with Gasteiger partial charge in [-0.3, -0.25) is 0 Å². The van der Waals surface area contributed by atoms with Crippen molar-refractivity contribution >= 4 is 15.5 Å². The van der Waals surface area contributed by atoms with Gasteiger partial charge in [-0.1, -0.05) is 12.6 Å². The number of carbonyl (C=O) groups is 1. The van der Waals surface area contributed by atoms with Gasteiger partial charge in [0.15, 0.2) is 0 Å². The van der Waals surface area contributed by atoms with Crippen LogP contribution in [0.15, 0.2) is 12.2 Å². The van der Waals surface area contributed by atoms with Gasteiger partial charge in [0, 0.05) is 19.8 Å². The molecule has 0 aliphatic rings. The van der Waals surface area contributed by atoms with E-state index in [2.05, 4.69) is 6.58 Å². The standard InChI is InChI=1S/C10H20O4Si/c1-8(2)9(11)14-6-5-7-15-10(12-3)13-4/h10H,1,5-7,15H2,2-4H3. The highest BCUT2D eigenvalue weighted by atomic mass is 28.2. The Morgan fingerprint density at radius 2 is 2.00 bits per heavy atom. The minimum absolute atomic E-state index is 0.0261. The van der Waals surface area contributed by atoms with Gasteiger partial charge in [0.05, 0.1) is 16.1 Å². The van der Waals surface area contributed by atoms with Crippen LogP contribution < -0.4 is 0 Å². The second kappa shape index (κ2) is 8.64. The van der Waals surface area contributed by atoms with Crippen molar-refractivity contribution in [1.82, 2.24) is 0 Å². The molecule has 0 N–H and O–H groups in total. The second-order valence-electron chi connectivity index (χ2n) is 3.31. The van der Waals surface area contributed by atoms with Crippen molar-refractivity contribution < 1.29 is 19.0 Å². The lowest BCUT2D eigenvalue weighted by Gasteiger charge is -2.12. The maximum atomic E-state index is 11.0. The Hall–Kier alpha value is -0.653. The van der Waals surface area contributed by atoms with Gasteiger partial charge >= 0.3 is 5.97 Å². The van der Waals surface area contributed by atoms with Gasteiger partial charge in [0.2, 0.25) is 0 Å². The van der Waals surface area contributed by atoms with Crippen LogP contribution in [0, 0.1) is 0 Å². The van der Waals surface area contributed by atoms with E-state index < -0.39 is 9.52 Å². The minimum Gasteiger partial charge on any atom is -0.462 e. The predicted molar refractivity (Wildman–Crippen MR) is 61.5 cm³/mol. The first-order chi connectivity index (χ1) is 7.11. The van der Waals surface area contributed by atoms with E-state index in [1.165, 1.54) is 0 Å². The molecule has 0 amide bonds. The van der Waals surface area contributed by atoms with E-state index in [9.17, 15) is 4.79 Å². The average Bonchev–Trinajstić information content (AvgIpc) is 2.23. The SMILES string of the molecule is C=C(C)C(=O)OCCC[SiH2]C(OC)OC. The monoisotopic (exact) mass is 232 g/mol. The Kier molecular flexibility index (Phi) is 8.26. The topological polar surface area (TPSA) is 44.8 Å². The van der Waals surface area contributed by atoms with Gasteiger partial charge in [-0.2, -0.15) is 0 Å². The van der Waals surface area contributed by atoms with Gasteiger partial charge < -0.3 is 14.2 Å². The Balaban J connectivity index is 3.39. The highest BCUT2D eigenvalue weighted by Gasteiger charge is 2.06. The van der Waals surface area contributed by atoms with Crippen molar-refractivity contribution in [2.24, 2.45) is 0 Å². The third-order valence-electron chi connectivity index (χ3n) is 1.94. The van der Waals surface area contributed by atoms with Crippen LogP contribution in [-0.4, -0.2) is 42.2 Å². The predicted octanol–water partition coefficient (Wildman–Crippen LogP) is 0.659. The van der Waals surface area contributed by atoms with E-state index in [4.69, 9.17) is 14.2 Å². The van der Waals surface area contributed by atoms with E-state index in [1.54, 1.807) is 21.1 Å².